The van der Waals surface area contributed by atoms with Crippen molar-refractivity contribution in [2.45, 2.75) is 50.6 Å². The normalized spacial score (nSPS) is 18.1. The second kappa shape index (κ2) is 6.91. The van der Waals surface area contributed by atoms with Crippen molar-refractivity contribution in [2.24, 2.45) is 0 Å². The monoisotopic (exact) mass is 309 g/mol. The highest BCUT2D eigenvalue weighted by molar-refractivity contribution is 5.93. The molecular formula is C15H23N3O4. The molecule has 0 radical (unpaired) electrons. The predicted octanol–water partition coefficient (Wildman–Crippen LogP) is 1.61. The Balaban J connectivity index is 2.04. The minimum Gasteiger partial charge on any atom is -0.481 e. The van der Waals surface area contributed by atoms with Gasteiger partial charge in [-0.2, -0.15) is 5.10 Å². The first-order chi connectivity index (χ1) is 10.4. The lowest BCUT2D eigenvalue weighted by Crippen LogP contribution is -2.50. The fraction of sp³-hybridized carbons (Fsp3) is 0.667. The Kier molecular flexibility index (Phi) is 5.18. The van der Waals surface area contributed by atoms with Gasteiger partial charge in [-0.15, -0.1) is 0 Å². The van der Waals surface area contributed by atoms with E-state index in [0.717, 1.165) is 12.8 Å². The molecular weight excluding hydrogens is 286 g/mol. The molecule has 0 aliphatic heterocycles. The first-order valence-electron chi connectivity index (χ1n) is 7.52. The molecule has 0 bridgehead atoms. The summed E-state index contributed by atoms with van der Waals surface area (Å²) in [5.41, 5.74) is -0.658. The number of carbonyl (C=O) groups excluding carboxylic acids is 1. The Morgan fingerprint density at radius 1 is 1.50 bits per heavy atom. The average molecular weight is 309 g/mol. The first kappa shape index (κ1) is 16.5. The standard InChI is InChI=1S/C15H23N3O4/c1-15(10-22-2,9-13(19)20)16-14(21)12-7-8-18(17-12)11-5-3-4-6-11/h7-8,11H,3-6,9-10H2,1-2H3,(H,16,21)(H,19,20). The van der Waals surface area contributed by atoms with E-state index in [-0.39, 0.29) is 18.9 Å². The van der Waals surface area contributed by atoms with Gasteiger partial charge in [-0.05, 0) is 25.8 Å². The Morgan fingerprint density at radius 3 is 2.77 bits per heavy atom. The van der Waals surface area contributed by atoms with E-state index in [4.69, 9.17) is 9.84 Å². The van der Waals surface area contributed by atoms with Crippen LogP contribution >= 0.6 is 0 Å². The minimum atomic E-state index is -0.990. The molecule has 22 heavy (non-hydrogen) atoms. The number of hydrogen-bond donors (Lipinski definition) is 2. The highest BCUT2D eigenvalue weighted by atomic mass is 16.5. The van der Waals surface area contributed by atoms with E-state index in [1.807, 2.05) is 10.9 Å². The van der Waals surface area contributed by atoms with Gasteiger partial charge in [0.1, 0.15) is 5.69 Å². The topological polar surface area (TPSA) is 93.5 Å². The van der Waals surface area contributed by atoms with Crippen LogP contribution in [0.25, 0.3) is 0 Å². The zero-order valence-corrected chi connectivity index (χ0v) is 13.0. The smallest absolute Gasteiger partial charge is 0.305 e. The average Bonchev–Trinajstić information content (AvgIpc) is 3.09. The van der Waals surface area contributed by atoms with Gasteiger partial charge in [0.15, 0.2) is 0 Å². The molecule has 1 saturated carbocycles. The van der Waals surface area contributed by atoms with E-state index in [1.54, 1.807) is 13.0 Å². The maximum atomic E-state index is 12.3. The van der Waals surface area contributed by atoms with Crippen molar-refractivity contribution in [3.05, 3.63) is 18.0 Å². The molecule has 1 amide bonds. The SMILES string of the molecule is COCC(C)(CC(=O)O)NC(=O)c1ccn(C2CCCC2)n1. The van der Waals surface area contributed by atoms with Crippen LogP contribution in [0, 0.1) is 0 Å². The van der Waals surface area contributed by atoms with Crippen molar-refractivity contribution < 1.29 is 19.4 Å². The molecule has 1 aliphatic carbocycles. The van der Waals surface area contributed by atoms with E-state index in [0.29, 0.717) is 11.7 Å². The number of hydrogen-bond acceptors (Lipinski definition) is 4. The van der Waals surface area contributed by atoms with E-state index in [2.05, 4.69) is 10.4 Å². The van der Waals surface area contributed by atoms with Crippen molar-refractivity contribution in [3.63, 3.8) is 0 Å². The highest BCUT2D eigenvalue weighted by Gasteiger charge is 2.31. The molecule has 1 aromatic rings. The van der Waals surface area contributed by atoms with Crippen molar-refractivity contribution in [1.82, 2.24) is 15.1 Å². The maximum absolute atomic E-state index is 12.3. The van der Waals surface area contributed by atoms with Crippen LogP contribution in [0.4, 0.5) is 0 Å². The number of methoxy groups -OCH3 is 1. The lowest BCUT2D eigenvalue weighted by molar-refractivity contribution is -0.139. The van der Waals surface area contributed by atoms with E-state index >= 15 is 0 Å². The molecule has 0 spiro atoms. The number of carboxylic acids is 1. The second-order valence-corrected chi connectivity index (χ2v) is 6.14. The lowest BCUT2D eigenvalue weighted by Gasteiger charge is -2.28. The van der Waals surface area contributed by atoms with Gasteiger partial charge in [0.05, 0.1) is 24.6 Å². The van der Waals surface area contributed by atoms with Crippen LogP contribution in [0.15, 0.2) is 12.3 Å². The second-order valence-electron chi connectivity index (χ2n) is 6.14. The summed E-state index contributed by atoms with van der Waals surface area (Å²) >= 11 is 0. The highest BCUT2D eigenvalue weighted by Crippen LogP contribution is 2.28. The van der Waals surface area contributed by atoms with Crippen molar-refractivity contribution >= 4 is 11.9 Å². The molecule has 0 aromatic carbocycles. The predicted molar refractivity (Wildman–Crippen MR) is 79.7 cm³/mol. The summed E-state index contributed by atoms with van der Waals surface area (Å²) in [7, 11) is 1.47. The quantitative estimate of drug-likeness (QED) is 0.798. The molecule has 7 heteroatoms. The minimum absolute atomic E-state index is 0.119. The van der Waals surface area contributed by atoms with Gasteiger partial charge in [0.25, 0.3) is 5.91 Å². The summed E-state index contributed by atoms with van der Waals surface area (Å²) < 4.78 is 6.87. The van der Waals surface area contributed by atoms with E-state index in [9.17, 15) is 9.59 Å². The number of nitrogens with zero attached hydrogens (tertiary/aromatic N) is 2. The molecule has 7 nitrogen and oxygen atoms in total. The van der Waals surface area contributed by atoms with Crippen LogP contribution in [0.2, 0.25) is 0 Å². The van der Waals surface area contributed by atoms with Crippen LogP contribution in [-0.2, 0) is 9.53 Å². The van der Waals surface area contributed by atoms with E-state index in [1.165, 1.54) is 20.0 Å². The summed E-state index contributed by atoms with van der Waals surface area (Å²) in [5, 5.41) is 16.0. The first-order valence-corrected chi connectivity index (χ1v) is 7.52. The van der Waals surface area contributed by atoms with Crippen LogP contribution in [0.5, 0.6) is 0 Å². The zero-order valence-electron chi connectivity index (χ0n) is 13.0. The maximum Gasteiger partial charge on any atom is 0.305 e. The van der Waals surface area contributed by atoms with Gasteiger partial charge in [-0.3, -0.25) is 14.3 Å². The Labute approximate surface area is 129 Å². The fourth-order valence-corrected chi connectivity index (χ4v) is 2.95. The summed E-state index contributed by atoms with van der Waals surface area (Å²) in [6.45, 7) is 1.77. The summed E-state index contributed by atoms with van der Waals surface area (Å²) in [6, 6.07) is 2.03. The van der Waals surface area contributed by atoms with Gasteiger partial charge in [-0.25, -0.2) is 0 Å². The van der Waals surface area contributed by atoms with Gasteiger partial charge >= 0.3 is 5.97 Å². The summed E-state index contributed by atoms with van der Waals surface area (Å²) in [5.74, 6) is -1.37. The van der Waals surface area contributed by atoms with Crippen LogP contribution in [0.1, 0.15) is 55.6 Å². The summed E-state index contributed by atoms with van der Waals surface area (Å²) in [6.07, 6.45) is 6.16. The Bertz CT molecular complexity index is 537. The van der Waals surface area contributed by atoms with Gasteiger partial charge in [0.2, 0.25) is 0 Å². The third kappa shape index (κ3) is 4.07. The number of rotatable bonds is 7. The third-order valence-electron chi connectivity index (χ3n) is 3.96. The number of aliphatic carboxylic acids is 1. The molecule has 0 saturated heterocycles. The molecule has 122 valence electrons. The lowest BCUT2D eigenvalue weighted by atomic mass is 9.99. The van der Waals surface area contributed by atoms with E-state index < -0.39 is 11.5 Å². The molecule has 1 heterocycles. The molecule has 1 atom stereocenters. The molecule has 1 aliphatic rings. The largest absolute Gasteiger partial charge is 0.481 e. The third-order valence-corrected chi connectivity index (χ3v) is 3.96. The zero-order chi connectivity index (χ0) is 16.2. The van der Waals surface area contributed by atoms with Gasteiger partial charge < -0.3 is 15.2 Å². The Hall–Kier alpha value is -1.89. The van der Waals surface area contributed by atoms with Gasteiger partial charge in [-0.1, -0.05) is 12.8 Å². The number of amides is 1. The molecule has 1 fully saturated rings. The number of ether oxygens (including phenoxy) is 1. The number of nitrogens with one attached hydrogen (secondary N) is 1. The fourth-order valence-electron chi connectivity index (χ4n) is 2.95. The van der Waals surface area contributed by atoms with Crippen molar-refractivity contribution in [3.8, 4) is 0 Å². The number of aromatic nitrogens is 2. The van der Waals surface area contributed by atoms with Crippen LogP contribution in [0.3, 0.4) is 0 Å². The number of carboxylic acid groups (broad SMARTS) is 1. The summed E-state index contributed by atoms with van der Waals surface area (Å²) in [4.78, 5) is 23.3. The van der Waals surface area contributed by atoms with Crippen LogP contribution < -0.4 is 5.32 Å². The molecule has 1 aromatic heterocycles. The van der Waals surface area contributed by atoms with Crippen molar-refractivity contribution in [2.75, 3.05) is 13.7 Å². The van der Waals surface area contributed by atoms with Crippen LogP contribution in [-0.4, -0.2) is 46.0 Å². The van der Waals surface area contributed by atoms with Crippen molar-refractivity contribution in [1.29, 1.82) is 0 Å². The number of carbonyl (C=O) groups is 2. The van der Waals surface area contributed by atoms with Gasteiger partial charge in [0, 0.05) is 13.3 Å². The molecule has 1 unspecified atom stereocenters. The Morgan fingerprint density at radius 2 is 2.18 bits per heavy atom. The molecule has 2 N–H and O–H groups in total. The molecule has 2 rings (SSSR count).